The number of hydrogen-bond donors (Lipinski definition) is 6. The predicted molar refractivity (Wildman–Crippen MR) is 216 cm³/mol. The van der Waals surface area contributed by atoms with E-state index in [0.29, 0.717) is 81.9 Å². The van der Waals surface area contributed by atoms with E-state index in [2.05, 4.69) is 29.8 Å². The number of fused-ring (bicyclic) bond motifs is 8. The number of aliphatic hydroxyl groups excluding tert-OH is 2. The monoisotopic (exact) mass is 890 g/mol. The van der Waals surface area contributed by atoms with E-state index in [9.17, 15) is 29.4 Å². The average molecular weight is 891 g/mol. The van der Waals surface area contributed by atoms with E-state index in [1.807, 2.05) is 39.0 Å². The number of carbonyl (C=O) groups is 4. The second-order valence-electron chi connectivity index (χ2n) is 15.0. The van der Waals surface area contributed by atoms with Crippen LogP contribution in [0.5, 0.6) is 0 Å². The fourth-order valence-electron chi connectivity index (χ4n) is 7.94. The summed E-state index contributed by atoms with van der Waals surface area (Å²) in [5.41, 5.74) is 12.7. The van der Waals surface area contributed by atoms with Gasteiger partial charge in [0.2, 0.25) is 11.8 Å². The number of rotatable bonds is 16. The van der Waals surface area contributed by atoms with E-state index < -0.39 is 24.6 Å². The number of amides is 2. The summed E-state index contributed by atoms with van der Waals surface area (Å²) < 4.78 is 5.20. The van der Waals surface area contributed by atoms with Gasteiger partial charge >= 0.3 is 26.4 Å². The fraction of sp³-hybridized carbons (Fsp3) is 0.524. The molecule has 5 atom stereocenters. The van der Waals surface area contributed by atoms with Crippen LogP contribution in [-0.4, -0.2) is 96.3 Å². The van der Waals surface area contributed by atoms with Crippen LogP contribution in [0.3, 0.4) is 0 Å². The molecule has 3 aromatic heterocycles. The van der Waals surface area contributed by atoms with Crippen LogP contribution in [0.15, 0.2) is 18.2 Å². The minimum absolute atomic E-state index is 0. The zero-order chi connectivity index (χ0) is 41.6. The summed E-state index contributed by atoms with van der Waals surface area (Å²) in [6.07, 6.45) is -0.262. The smallest absolute Gasteiger partial charge is 0.657 e. The number of hydrogen-bond acceptors (Lipinski definition) is 11. The predicted octanol–water partition coefficient (Wildman–Crippen LogP) is 2.82. The minimum atomic E-state index is -1.10. The molecule has 2 aliphatic rings. The van der Waals surface area contributed by atoms with Crippen molar-refractivity contribution in [3.63, 3.8) is 0 Å². The number of nitrogens with zero attached hydrogens (tertiary/aromatic N) is 4. The van der Waals surface area contributed by atoms with Gasteiger partial charge in [-0.1, -0.05) is 50.1 Å². The second kappa shape index (κ2) is 20.6. The van der Waals surface area contributed by atoms with Crippen LogP contribution in [-0.2, 0) is 41.2 Å². The molecule has 58 heavy (non-hydrogen) atoms. The van der Waals surface area contributed by atoms with Crippen molar-refractivity contribution in [2.45, 2.75) is 97.0 Å². The van der Waals surface area contributed by atoms with Crippen LogP contribution < -0.4 is 31.7 Å². The third-order valence-electron chi connectivity index (χ3n) is 11.2. The number of nitrogens with one attached hydrogen (secondary N) is 3. The molecule has 2 aliphatic heterocycles. The molecule has 8 bridgehead atoms. The van der Waals surface area contributed by atoms with Crippen molar-refractivity contribution >= 4 is 45.6 Å². The third-order valence-corrected chi connectivity index (χ3v) is 11.2. The minimum Gasteiger partial charge on any atom is -0.657 e. The van der Waals surface area contributed by atoms with E-state index >= 15 is 0 Å². The zero-order valence-corrected chi connectivity index (χ0v) is 35.9. The molecule has 0 aliphatic carbocycles. The van der Waals surface area contributed by atoms with Crippen LogP contribution in [0.25, 0.3) is 22.1 Å². The van der Waals surface area contributed by atoms with Crippen molar-refractivity contribution in [3.05, 3.63) is 68.8 Å². The fourth-order valence-corrected chi connectivity index (χ4v) is 7.94. The van der Waals surface area contributed by atoms with Gasteiger partial charge in [0.25, 0.3) is 0 Å². The van der Waals surface area contributed by atoms with Gasteiger partial charge in [-0.25, -0.2) is 0 Å². The number of aliphatic hydroxyl groups is 2. The molecular formula is C42H56N8O7Pd. The van der Waals surface area contributed by atoms with E-state index in [0.717, 1.165) is 17.8 Å². The van der Waals surface area contributed by atoms with Crippen molar-refractivity contribution in [1.29, 1.82) is 0 Å². The van der Waals surface area contributed by atoms with E-state index in [-0.39, 0.29) is 87.1 Å². The Labute approximate surface area is 352 Å². The molecule has 0 saturated carbocycles. The Hall–Kier alpha value is -4.30. The summed E-state index contributed by atoms with van der Waals surface area (Å²) in [6.45, 7) is 12.6. The Morgan fingerprint density at radius 1 is 0.897 bits per heavy atom. The van der Waals surface area contributed by atoms with Crippen LogP contribution in [0.4, 0.5) is 0 Å². The average Bonchev–Trinajstić information content (AvgIpc) is 3.87. The van der Waals surface area contributed by atoms with E-state index in [1.165, 1.54) is 14.0 Å². The Kier molecular flexibility index (Phi) is 16.5. The topological polar surface area (TPSA) is 234 Å². The van der Waals surface area contributed by atoms with Crippen LogP contribution >= 0.6 is 0 Å². The number of ether oxygens (including phenoxy) is 1. The normalized spacial score (nSPS) is 18.0. The van der Waals surface area contributed by atoms with Crippen LogP contribution in [0.2, 0.25) is 0 Å². The van der Waals surface area contributed by atoms with Crippen LogP contribution in [0.1, 0.15) is 131 Å². The molecule has 0 saturated heterocycles. The molecule has 316 valence electrons. The molecule has 16 heteroatoms. The number of esters is 1. The number of aryl methyl sites for hydroxylation is 2. The number of methoxy groups -OCH3 is 1. The van der Waals surface area contributed by atoms with Gasteiger partial charge in [0.1, 0.15) is 0 Å². The molecule has 0 aromatic carbocycles. The standard InChI is InChI=1S/C42H58N8O7.Pd/c1-8-27-21(2)30-18-35-38(25(6)52)23(4)32(48-35)16-31-22(3)28(9-10-36(54)46-19-26(53)20-51)40(49-31)29(15-37(55)57-7)41-39(42(56)45-14-13-44-12-11-43)24(5)33(50-41)17-34(27)47-30;/h16-18,21-22,26-28,44,51,53H,8-15,19-20,43H2,1-7H3,(H4,45,46,47,48,49,50,52,54,56);/q;+2/p-2/t21-,22+,26?,27-,28+;/m1./s1. The molecule has 5 rings (SSSR count). The number of nitrogens with two attached hydrogens (primary N) is 1. The molecule has 0 fully saturated rings. The zero-order valence-electron chi connectivity index (χ0n) is 34.3. The van der Waals surface area contributed by atoms with Crippen molar-refractivity contribution in [3.8, 4) is 0 Å². The van der Waals surface area contributed by atoms with Gasteiger partial charge in [-0.05, 0) is 39.2 Å². The summed E-state index contributed by atoms with van der Waals surface area (Å²) in [4.78, 5) is 74.0. The summed E-state index contributed by atoms with van der Waals surface area (Å²) in [5.74, 6) is -2.13. The molecule has 0 spiro atoms. The van der Waals surface area contributed by atoms with Crippen molar-refractivity contribution < 1.29 is 54.6 Å². The number of ketones is 1. The quantitative estimate of drug-likeness (QED) is 0.0527. The van der Waals surface area contributed by atoms with Gasteiger partial charge in [0.15, 0.2) is 5.78 Å². The SMILES string of the molecule is CC[C@H]1c2cc3[n-]c(c(CC(=O)OC)c4nc(cc5[n-]c(cc(n2)[C@@H]1C)c(C(C)=O)c5C)[C@@H](C)[C@@H]4CCC(=O)NCC(O)CO)c(C(=O)NCCNCCN)c3C.[Pd+2]. The van der Waals surface area contributed by atoms with Crippen molar-refractivity contribution in [1.82, 2.24) is 35.9 Å². The first kappa shape index (κ1) is 46.4. The molecule has 1 unspecified atom stereocenters. The molecule has 5 heterocycles. The van der Waals surface area contributed by atoms with Gasteiger partial charge in [-0.3, -0.25) is 29.1 Å². The first-order chi connectivity index (χ1) is 27.2. The van der Waals surface area contributed by atoms with Gasteiger partial charge in [-0.15, -0.1) is 22.1 Å². The Balaban J connectivity index is 0.00000744. The van der Waals surface area contributed by atoms with E-state index in [4.69, 9.17) is 30.4 Å². The second-order valence-corrected chi connectivity index (χ2v) is 15.0. The maximum atomic E-state index is 14.2. The number of aromatic nitrogens is 4. The molecule has 3 aromatic rings. The maximum absolute atomic E-state index is 14.2. The molecule has 15 nitrogen and oxygen atoms in total. The van der Waals surface area contributed by atoms with Crippen molar-refractivity contribution in [2.75, 3.05) is 46.4 Å². The van der Waals surface area contributed by atoms with Gasteiger partial charge in [0, 0.05) is 96.7 Å². The molecule has 2 amide bonds. The molecule has 0 radical (unpaired) electrons. The van der Waals surface area contributed by atoms with Crippen molar-refractivity contribution in [2.24, 2.45) is 5.73 Å². The van der Waals surface area contributed by atoms with Gasteiger partial charge in [-0.2, -0.15) is 0 Å². The Bertz CT molecular complexity index is 2170. The van der Waals surface area contributed by atoms with Gasteiger partial charge in [0.05, 0.1) is 26.2 Å². The van der Waals surface area contributed by atoms with Crippen LogP contribution in [0, 0.1) is 13.8 Å². The Morgan fingerprint density at radius 2 is 1.53 bits per heavy atom. The summed E-state index contributed by atoms with van der Waals surface area (Å²) in [6, 6.07) is 5.64. The number of Topliss-reactive ketones (excluding diaryl/α,β-unsaturated/α-hetero) is 1. The summed E-state index contributed by atoms with van der Waals surface area (Å²) in [7, 11) is 1.29. The van der Waals surface area contributed by atoms with E-state index in [1.54, 1.807) is 0 Å². The van der Waals surface area contributed by atoms with Gasteiger partial charge < -0.3 is 46.6 Å². The summed E-state index contributed by atoms with van der Waals surface area (Å²) >= 11 is 0. The first-order valence-corrected chi connectivity index (χ1v) is 19.7. The molecule has 7 N–H and O–H groups in total. The molecular weight excluding hydrogens is 835 g/mol. The largest absolute Gasteiger partial charge is 2.00 e. The maximum Gasteiger partial charge on any atom is 2.00 e. The summed E-state index contributed by atoms with van der Waals surface area (Å²) in [5, 5.41) is 27.9. The third kappa shape index (κ3) is 10.1. The first-order valence-electron chi connectivity index (χ1n) is 19.7. The number of carbonyl (C=O) groups excluding carboxylic acids is 4. The Morgan fingerprint density at radius 3 is 2.19 bits per heavy atom.